The highest BCUT2D eigenvalue weighted by atomic mass is 16.3. The second-order valence-electron chi connectivity index (χ2n) is 6.26. The summed E-state index contributed by atoms with van der Waals surface area (Å²) < 4.78 is 1.44. The molecule has 1 amide bonds. The molecule has 0 aliphatic carbocycles. The fourth-order valence-electron chi connectivity index (χ4n) is 3.30. The van der Waals surface area contributed by atoms with Crippen LogP contribution in [0.4, 0.5) is 0 Å². The van der Waals surface area contributed by atoms with Crippen LogP contribution < -0.4 is 0 Å². The summed E-state index contributed by atoms with van der Waals surface area (Å²) in [4.78, 5) is 14.6. The van der Waals surface area contributed by atoms with Gasteiger partial charge in [0, 0.05) is 12.6 Å². The Balaban J connectivity index is 1.69. The van der Waals surface area contributed by atoms with Crippen LogP contribution in [0.15, 0.2) is 36.7 Å². The molecule has 0 bridgehead atoms. The summed E-state index contributed by atoms with van der Waals surface area (Å²) in [7, 11) is 0. The van der Waals surface area contributed by atoms with E-state index in [2.05, 4.69) is 15.5 Å². The minimum atomic E-state index is -0.558. The Kier molecular flexibility index (Phi) is 5.53. The summed E-state index contributed by atoms with van der Waals surface area (Å²) in [5.74, 6) is 0.00876. The molecule has 0 unspecified atom stereocenters. The van der Waals surface area contributed by atoms with Gasteiger partial charge in [0.1, 0.15) is 12.9 Å². The van der Waals surface area contributed by atoms with Crippen LogP contribution in [0.5, 0.6) is 0 Å². The zero-order valence-corrected chi connectivity index (χ0v) is 13.7. The lowest BCUT2D eigenvalue weighted by Crippen LogP contribution is -2.42. The van der Waals surface area contributed by atoms with E-state index in [4.69, 9.17) is 0 Å². The number of amides is 1. The molecule has 7 nitrogen and oxygen atoms in total. The van der Waals surface area contributed by atoms with Crippen LogP contribution in [0.3, 0.4) is 0 Å². The number of rotatable bonds is 5. The Morgan fingerprint density at radius 2 is 2.08 bits per heavy atom. The molecule has 128 valence electrons. The third kappa shape index (κ3) is 4.17. The van der Waals surface area contributed by atoms with Gasteiger partial charge in [0.05, 0.1) is 6.10 Å². The summed E-state index contributed by atoms with van der Waals surface area (Å²) in [5, 5.41) is 21.4. The first-order valence-corrected chi connectivity index (χ1v) is 8.47. The van der Waals surface area contributed by atoms with E-state index in [1.165, 1.54) is 11.0 Å². The topological polar surface area (TPSA) is 84.1 Å². The zero-order valence-electron chi connectivity index (χ0n) is 13.7. The Hall–Kier alpha value is -2.28. The van der Waals surface area contributed by atoms with Crippen LogP contribution in [-0.4, -0.2) is 48.7 Å². The van der Waals surface area contributed by atoms with Crippen LogP contribution in [0.1, 0.15) is 43.8 Å². The van der Waals surface area contributed by atoms with Crippen LogP contribution in [0.2, 0.25) is 0 Å². The molecule has 1 aromatic heterocycles. The fourth-order valence-corrected chi connectivity index (χ4v) is 3.30. The molecule has 0 spiro atoms. The van der Waals surface area contributed by atoms with Gasteiger partial charge in [0.2, 0.25) is 5.91 Å². The summed E-state index contributed by atoms with van der Waals surface area (Å²) in [6, 6.07) is 9.68. The predicted molar refractivity (Wildman–Crippen MR) is 87.8 cm³/mol. The third-order valence-corrected chi connectivity index (χ3v) is 4.57. The van der Waals surface area contributed by atoms with Crippen molar-refractivity contribution in [1.82, 2.24) is 25.1 Å². The first kappa shape index (κ1) is 16.6. The Labute approximate surface area is 141 Å². The van der Waals surface area contributed by atoms with Crippen molar-refractivity contribution in [3.8, 4) is 0 Å². The molecule has 24 heavy (non-hydrogen) atoms. The number of nitrogens with zero attached hydrogens (tertiary/aromatic N) is 5. The number of carbonyl (C=O) groups excluding carboxylic acids is 1. The van der Waals surface area contributed by atoms with Crippen LogP contribution in [-0.2, 0) is 11.3 Å². The van der Waals surface area contributed by atoms with E-state index < -0.39 is 6.10 Å². The summed E-state index contributed by atoms with van der Waals surface area (Å²) in [6.07, 6.45) is 5.57. The number of aromatic nitrogens is 4. The maximum absolute atomic E-state index is 12.7. The monoisotopic (exact) mass is 329 g/mol. The highest BCUT2D eigenvalue weighted by molar-refractivity contribution is 5.76. The van der Waals surface area contributed by atoms with Gasteiger partial charge in [-0.1, -0.05) is 43.2 Å². The molecular weight excluding hydrogens is 306 g/mol. The van der Waals surface area contributed by atoms with Gasteiger partial charge in [0.15, 0.2) is 0 Å². The molecule has 1 aliphatic rings. The smallest absolute Gasteiger partial charge is 0.244 e. The molecule has 2 heterocycles. The standard InChI is InChI=1S/C17H23N5O2/c23-16(14-7-3-1-4-8-14)11-15-9-5-2-6-10-22(15)17(24)12-21-13-18-19-20-21/h1,3-4,7-8,13,15-16,23H,2,5-6,9-12H2/t15-,16+/m0/s1. The Morgan fingerprint density at radius 3 is 2.83 bits per heavy atom. The van der Waals surface area contributed by atoms with Gasteiger partial charge in [-0.3, -0.25) is 4.79 Å². The minimum absolute atomic E-state index is 0.00876. The van der Waals surface area contributed by atoms with Gasteiger partial charge < -0.3 is 10.0 Å². The van der Waals surface area contributed by atoms with Crippen molar-refractivity contribution in [3.63, 3.8) is 0 Å². The van der Waals surface area contributed by atoms with Gasteiger partial charge in [-0.05, 0) is 35.3 Å². The first-order valence-electron chi connectivity index (χ1n) is 8.47. The second kappa shape index (κ2) is 8.01. The number of hydrogen-bond acceptors (Lipinski definition) is 5. The van der Waals surface area contributed by atoms with Crippen molar-refractivity contribution < 1.29 is 9.90 Å². The SMILES string of the molecule is O=C(Cn1cnnn1)N1CCCCC[C@H]1C[C@@H](O)c1ccccc1. The van der Waals surface area contributed by atoms with E-state index in [9.17, 15) is 9.90 Å². The molecular formula is C17H23N5O2. The summed E-state index contributed by atoms with van der Waals surface area (Å²) >= 11 is 0. The molecule has 1 saturated heterocycles. The van der Waals surface area contributed by atoms with Gasteiger partial charge >= 0.3 is 0 Å². The number of aliphatic hydroxyl groups is 1. The third-order valence-electron chi connectivity index (χ3n) is 4.57. The Bertz CT molecular complexity index is 632. The lowest BCUT2D eigenvalue weighted by Gasteiger charge is -2.31. The predicted octanol–water partition coefficient (Wildman–Crippen LogP) is 1.57. The fraction of sp³-hybridized carbons (Fsp3) is 0.529. The zero-order chi connectivity index (χ0) is 16.8. The van der Waals surface area contributed by atoms with Crippen molar-refractivity contribution in [1.29, 1.82) is 0 Å². The molecule has 7 heteroatoms. The van der Waals surface area contributed by atoms with Crippen molar-refractivity contribution in [3.05, 3.63) is 42.2 Å². The molecule has 1 aromatic carbocycles. The Morgan fingerprint density at radius 1 is 1.25 bits per heavy atom. The van der Waals surface area contributed by atoms with Gasteiger partial charge in [-0.25, -0.2) is 4.68 Å². The number of likely N-dealkylation sites (tertiary alicyclic amines) is 1. The quantitative estimate of drug-likeness (QED) is 0.900. The van der Waals surface area contributed by atoms with Gasteiger partial charge in [-0.15, -0.1) is 5.10 Å². The second-order valence-corrected chi connectivity index (χ2v) is 6.26. The first-order chi connectivity index (χ1) is 11.7. The average Bonchev–Trinajstić information content (AvgIpc) is 3.00. The number of tetrazole rings is 1. The molecule has 0 radical (unpaired) electrons. The number of aliphatic hydroxyl groups excluding tert-OH is 1. The summed E-state index contributed by atoms with van der Waals surface area (Å²) in [5.41, 5.74) is 0.898. The van der Waals surface area contributed by atoms with E-state index in [0.29, 0.717) is 6.42 Å². The van der Waals surface area contributed by atoms with Crippen LogP contribution in [0, 0.1) is 0 Å². The average molecular weight is 329 g/mol. The van der Waals surface area contributed by atoms with Crippen molar-refractivity contribution in [2.24, 2.45) is 0 Å². The summed E-state index contributed by atoms with van der Waals surface area (Å²) in [6.45, 7) is 0.873. The molecule has 1 N–H and O–H groups in total. The largest absolute Gasteiger partial charge is 0.388 e. The van der Waals surface area contributed by atoms with Crippen molar-refractivity contribution >= 4 is 5.91 Å². The highest BCUT2D eigenvalue weighted by Crippen LogP contribution is 2.26. The van der Waals surface area contributed by atoms with Crippen molar-refractivity contribution in [2.45, 2.75) is 50.8 Å². The normalized spacial score (nSPS) is 19.7. The van der Waals surface area contributed by atoms with E-state index in [0.717, 1.165) is 37.8 Å². The number of carbonyl (C=O) groups is 1. The maximum Gasteiger partial charge on any atom is 0.244 e. The number of hydrogen-bond donors (Lipinski definition) is 1. The lowest BCUT2D eigenvalue weighted by molar-refractivity contribution is -0.135. The van der Waals surface area contributed by atoms with Gasteiger partial charge in [-0.2, -0.15) is 0 Å². The molecule has 1 aliphatic heterocycles. The molecule has 3 rings (SSSR count). The molecule has 1 fully saturated rings. The lowest BCUT2D eigenvalue weighted by atomic mass is 9.98. The van der Waals surface area contributed by atoms with E-state index in [1.54, 1.807) is 0 Å². The molecule has 0 saturated carbocycles. The van der Waals surface area contributed by atoms with E-state index in [1.807, 2.05) is 35.2 Å². The number of benzene rings is 1. The van der Waals surface area contributed by atoms with Crippen LogP contribution in [0.25, 0.3) is 0 Å². The molecule has 2 atom stereocenters. The molecule has 2 aromatic rings. The van der Waals surface area contributed by atoms with E-state index in [-0.39, 0.29) is 18.5 Å². The van der Waals surface area contributed by atoms with Crippen molar-refractivity contribution in [2.75, 3.05) is 6.54 Å². The minimum Gasteiger partial charge on any atom is -0.388 e. The van der Waals surface area contributed by atoms with Gasteiger partial charge in [0.25, 0.3) is 0 Å². The highest BCUT2D eigenvalue weighted by Gasteiger charge is 2.28. The van der Waals surface area contributed by atoms with Crippen LogP contribution >= 0.6 is 0 Å². The maximum atomic E-state index is 12.7. The van der Waals surface area contributed by atoms with E-state index >= 15 is 0 Å².